The van der Waals surface area contributed by atoms with E-state index in [4.69, 9.17) is 25.2 Å². The Kier molecular flexibility index (Phi) is 37.2. The van der Waals surface area contributed by atoms with Gasteiger partial charge in [0.2, 0.25) is 30.1 Å². The molecule has 1 amide bonds. The molecule has 5 aromatic rings. The first-order valence-electron chi connectivity index (χ1n) is 31.3. The molecule has 27 nitrogen and oxygen atoms in total. The summed E-state index contributed by atoms with van der Waals surface area (Å²) < 4.78 is 121. The molecule has 1 atom stereocenters. The van der Waals surface area contributed by atoms with Crippen LogP contribution in [0.5, 0.6) is 0 Å². The predicted molar refractivity (Wildman–Crippen MR) is 387 cm³/mol. The summed E-state index contributed by atoms with van der Waals surface area (Å²) in [5, 5.41) is 25.1. The van der Waals surface area contributed by atoms with Gasteiger partial charge in [-0.3, -0.25) is 4.79 Å². The number of benzene rings is 5. The fourth-order valence-electron chi connectivity index (χ4n) is 10.3. The van der Waals surface area contributed by atoms with Crippen LogP contribution < -0.4 is 35.0 Å². The molecular weight excluding hydrogens is 1420 g/mol. The number of nitrogens with zero attached hydrogens (tertiary/aromatic N) is 7. The number of carbonyl (C=O) groups excluding carboxylic acids is 4. The molecule has 4 fully saturated rings. The van der Waals surface area contributed by atoms with Crippen molar-refractivity contribution in [2.45, 2.75) is 66.2 Å². The Morgan fingerprint density at radius 2 is 0.940 bits per heavy atom. The van der Waals surface area contributed by atoms with Gasteiger partial charge in [-0.25, -0.2) is 48.1 Å². The average molecular weight is 1520 g/mol. The maximum absolute atomic E-state index is 13.0. The van der Waals surface area contributed by atoms with E-state index in [1.54, 1.807) is 69.3 Å². The Morgan fingerprint density at radius 3 is 1.28 bits per heavy atom. The summed E-state index contributed by atoms with van der Waals surface area (Å²) in [7, 11) is 0.428. The van der Waals surface area contributed by atoms with Crippen molar-refractivity contribution in [2.24, 2.45) is 5.92 Å². The van der Waals surface area contributed by atoms with E-state index in [9.17, 15) is 57.9 Å². The topological polar surface area (TPSA) is 329 Å². The second kappa shape index (κ2) is 41.6. The molecule has 0 radical (unpaired) electrons. The molecule has 0 aromatic heterocycles. The third kappa shape index (κ3) is 25.5. The Labute approximate surface area is 625 Å². The number of carbonyl (C=O) groups is 4. The number of ether oxygens (including phenoxy) is 3. The Balaban J connectivity index is 0.000000467. The average Bonchev–Trinajstić information content (AvgIpc) is 1.70. The minimum atomic E-state index is -3.73. The third-order valence-electron chi connectivity index (χ3n) is 16.6. The number of halogens is 1. The van der Waals surface area contributed by atoms with E-state index in [0.717, 1.165) is 44.8 Å². The number of esters is 3. The molecule has 36 heteroatoms. The van der Waals surface area contributed by atoms with Crippen molar-refractivity contribution in [2.75, 3.05) is 147 Å². The van der Waals surface area contributed by atoms with Crippen LogP contribution in [0.15, 0.2) is 129 Å². The van der Waals surface area contributed by atoms with Crippen molar-refractivity contribution >= 4 is 117 Å². The first-order valence-corrected chi connectivity index (χ1v) is 37.9. The van der Waals surface area contributed by atoms with Crippen LogP contribution in [0.25, 0.3) is 0 Å². The van der Waals surface area contributed by atoms with Crippen LogP contribution in [0, 0.1) is 12.8 Å². The molecule has 0 saturated carbocycles. The van der Waals surface area contributed by atoms with Crippen LogP contribution in [0.3, 0.4) is 0 Å². The molecular formula is C64H95AlBClLiN9O18S5. The molecule has 5 heterocycles. The largest absolute Gasteiger partial charge is 1.00 e. The van der Waals surface area contributed by atoms with Gasteiger partial charge in [0, 0.05) is 121 Å². The zero-order chi connectivity index (χ0) is 71.4. The van der Waals surface area contributed by atoms with Crippen molar-refractivity contribution in [3.8, 4) is 0 Å². The SMILES string of the molecule is CN1CCN(S(=O)(=O)c2ccc(CO)cc2)CC1.CN1CCNCC1.COC(=O)c1ccc(S(=O)(=O)Cl)cc1.COC(=O)c1ccc(S(=O)(=O)N2CCN(C)CC2)cc1.Cc1c(C(=O)N[C@H](C(=O)OCc2ccc(S(=O)(=O)N3CCN(C)CC3)cc2)C(C)C)ccc2c1B(O)OC2.S.[AlH3].[H-].[Li+]. The number of amides is 1. The van der Waals surface area contributed by atoms with Gasteiger partial charge in [-0.15, -0.1) is 0 Å². The van der Waals surface area contributed by atoms with Gasteiger partial charge in [0.25, 0.3) is 15.0 Å². The molecule has 100 heavy (non-hydrogen) atoms. The van der Waals surface area contributed by atoms with Crippen molar-refractivity contribution < 1.29 is 102 Å². The minimum Gasteiger partial charge on any atom is -1.00 e. The summed E-state index contributed by atoms with van der Waals surface area (Å²) >= 11 is 0. The second-order valence-electron chi connectivity index (χ2n) is 23.9. The summed E-state index contributed by atoms with van der Waals surface area (Å²) in [6, 6.07) is 26.2. The van der Waals surface area contributed by atoms with E-state index in [2.05, 4.69) is 46.8 Å². The van der Waals surface area contributed by atoms with Crippen LogP contribution in [0.1, 0.15) is 68.6 Å². The van der Waals surface area contributed by atoms with Gasteiger partial charge in [-0.2, -0.15) is 26.4 Å². The van der Waals surface area contributed by atoms with Crippen LogP contribution in [0.4, 0.5) is 0 Å². The molecule has 5 aliphatic heterocycles. The molecule has 0 spiro atoms. The van der Waals surface area contributed by atoms with Gasteiger partial charge in [-0.1, -0.05) is 44.2 Å². The summed E-state index contributed by atoms with van der Waals surface area (Å²) in [6.07, 6.45) is 0. The van der Waals surface area contributed by atoms with Gasteiger partial charge >= 0.3 is 43.9 Å². The number of hydrogen-bond acceptors (Lipinski definition) is 23. The van der Waals surface area contributed by atoms with Crippen LogP contribution >= 0.6 is 24.2 Å². The fourth-order valence-corrected chi connectivity index (χ4v) is 15.3. The van der Waals surface area contributed by atoms with Crippen LogP contribution in [-0.4, -0.2) is 278 Å². The van der Waals surface area contributed by atoms with Gasteiger partial charge in [0.05, 0.1) is 58.1 Å². The maximum atomic E-state index is 13.0. The number of nitrogens with one attached hydrogen (secondary N) is 2. The van der Waals surface area contributed by atoms with Crippen LogP contribution in [0.2, 0.25) is 0 Å². The zero-order valence-corrected chi connectivity index (χ0v) is 62.6. The number of hydrogen-bond donors (Lipinski definition) is 4. The second-order valence-corrected chi connectivity index (χ2v) is 32.2. The standard InChI is InChI=1S/C26H34BN3O7S.C13H18N2O4S.C12H18N2O3S.C8H7ClO4S.C5H12N2.Al.Li.H2S.4H/c1-17(2)24(28-25(31)22-10-7-20-16-37-27(33)23(20)18(22)3)26(32)36-15-19-5-8-21(9-6-19)38(34,35)30-13-11-29(4)12-14-30;1-14-7-9-15(10-8-14)20(17,18)12-5-3-11(4-6-12)13(16)19-2;1-13-6-8-14(9-7-13)18(16,17)12-4-2-11(10-15)3-5-12;1-13-8(10)6-2-4-7(5-3-6)14(9,11)12;1-7-4-2-6-3-5-7;;;;;;;/h5-10,17,24,33H,11-16H2,1-4H3,(H,28,31);3-6H,7-10H2,1-2H3;2-5,15H,6-10H2,1H3;2-5H,1H3;6H,2-5H2,1H3;;;1H2;;;;/q;;;;;;+1;;;;;-1/t24-;;;;;;;;;;;/m0.........../s1. The Hall–Kier alpha value is -4.83. The molecule has 4 saturated heterocycles. The van der Waals surface area contributed by atoms with E-state index in [1.165, 1.54) is 101 Å². The molecule has 5 aromatic carbocycles. The number of sulfonamides is 3. The fraction of sp³-hybridized carbons (Fsp3) is 0.469. The Bertz CT molecular complexity index is 3920. The summed E-state index contributed by atoms with van der Waals surface area (Å²) in [6.45, 7) is 17.5. The molecule has 5 aliphatic rings. The third-order valence-corrected chi connectivity index (χ3v) is 23.7. The number of aliphatic hydroxyl groups excluding tert-OH is 1. The summed E-state index contributed by atoms with van der Waals surface area (Å²) in [5.41, 5.74) is 4.33. The van der Waals surface area contributed by atoms with E-state index < -0.39 is 76.1 Å². The maximum Gasteiger partial charge on any atom is 1.00 e. The summed E-state index contributed by atoms with van der Waals surface area (Å²) in [4.78, 5) is 57.5. The molecule has 10 rings (SSSR count). The molecule has 0 aliphatic carbocycles. The van der Waals surface area contributed by atoms with Crippen molar-refractivity contribution in [3.63, 3.8) is 0 Å². The summed E-state index contributed by atoms with van der Waals surface area (Å²) in [5.74, 6) is -2.29. The van der Waals surface area contributed by atoms with E-state index >= 15 is 0 Å². The van der Waals surface area contributed by atoms with Gasteiger partial charge in [0.15, 0.2) is 17.4 Å². The molecule has 4 N–H and O–H groups in total. The van der Waals surface area contributed by atoms with Crippen molar-refractivity contribution in [3.05, 3.63) is 148 Å². The van der Waals surface area contributed by atoms with Gasteiger partial charge < -0.3 is 60.7 Å². The Morgan fingerprint density at radius 1 is 0.580 bits per heavy atom. The monoisotopic (exact) mass is 1520 g/mol. The smallest absolute Gasteiger partial charge is 1.00 e. The number of fused-ring (bicyclic) bond motifs is 1. The van der Waals surface area contributed by atoms with E-state index in [-0.39, 0.29) is 97.1 Å². The van der Waals surface area contributed by atoms with Crippen molar-refractivity contribution in [1.82, 2.24) is 43.1 Å². The van der Waals surface area contributed by atoms with E-state index in [1.807, 2.05) is 21.1 Å². The quantitative estimate of drug-likeness (QED) is 0.0364. The number of likely N-dealkylation sites (N-methyl/N-ethyl adjacent to an activating group) is 4. The molecule has 548 valence electrons. The van der Waals surface area contributed by atoms with Crippen molar-refractivity contribution in [1.29, 1.82) is 0 Å². The van der Waals surface area contributed by atoms with E-state index in [0.29, 0.717) is 90.5 Å². The number of methoxy groups -OCH3 is 2. The number of aliphatic hydroxyl groups is 1. The molecule has 0 bridgehead atoms. The van der Waals surface area contributed by atoms with Gasteiger partial charge in [0.1, 0.15) is 12.6 Å². The zero-order valence-electron chi connectivity index (χ0n) is 58.6. The first-order chi connectivity index (χ1) is 45.8. The number of rotatable bonds is 16. The van der Waals surface area contributed by atoms with Gasteiger partial charge in [-0.05, 0) is 148 Å². The first kappa shape index (κ1) is 89.4. The minimum absolute atomic E-state index is 0. The normalized spacial score (nSPS) is 16.9. The van der Waals surface area contributed by atoms with Crippen LogP contribution in [-0.2, 0) is 82.6 Å². The molecule has 0 unspecified atom stereocenters. The number of piperazine rings is 4. The predicted octanol–water partition coefficient (Wildman–Crippen LogP) is -1.86.